The first-order valence-electron chi connectivity index (χ1n) is 15.1. The highest BCUT2D eigenvalue weighted by molar-refractivity contribution is 6.74. The fraction of sp³-hybridized carbons (Fsp3) is 0.438. The van der Waals surface area contributed by atoms with Crippen molar-refractivity contribution < 1.29 is 33.3 Å². The third-order valence-electron chi connectivity index (χ3n) is 9.05. The summed E-state index contributed by atoms with van der Waals surface area (Å²) in [6.45, 7) is 12.5. The number of carbonyl (C=O) groups is 2. The van der Waals surface area contributed by atoms with Gasteiger partial charge in [0.1, 0.15) is 30.3 Å². The van der Waals surface area contributed by atoms with Crippen LogP contribution in [0.15, 0.2) is 53.5 Å². The van der Waals surface area contributed by atoms with E-state index in [1.165, 1.54) is 10.8 Å². The molecule has 0 spiro atoms. The number of fused-ring (bicyclic) bond motifs is 3. The van der Waals surface area contributed by atoms with Crippen LogP contribution in [0, 0.1) is 0 Å². The SMILES string of the molecule is CC[C@H]1O[C@@H](n2cc3c(nc2=O)Nc2c(OCCN4C(=O)c5ccccc5C4=O)cccc2O3)C(O[Si](C)(C)C(C)(C)C)[C@H]1O. The van der Waals surface area contributed by atoms with Gasteiger partial charge in [0.05, 0.1) is 30.0 Å². The minimum absolute atomic E-state index is 0.0427. The van der Waals surface area contributed by atoms with E-state index >= 15 is 0 Å². The Bertz CT molecular complexity index is 1680. The van der Waals surface area contributed by atoms with Crippen LogP contribution in [0.4, 0.5) is 11.5 Å². The second-order valence-corrected chi connectivity index (χ2v) is 17.7. The van der Waals surface area contributed by atoms with Crippen molar-refractivity contribution in [3.05, 3.63) is 70.3 Å². The number of amides is 2. The smallest absolute Gasteiger partial charge is 0.351 e. The third kappa shape index (κ3) is 5.43. The van der Waals surface area contributed by atoms with Crippen LogP contribution in [-0.2, 0) is 9.16 Å². The molecular weight excluding hydrogens is 596 g/mol. The Kier molecular flexibility index (Phi) is 7.84. The van der Waals surface area contributed by atoms with E-state index in [2.05, 4.69) is 44.2 Å². The Balaban J connectivity index is 1.21. The van der Waals surface area contributed by atoms with Gasteiger partial charge < -0.3 is 29.1 Å². The Morgan fingerprint density at radius 2 is 1.71 bits per heavy atom. The second-order valence-electron chi connectivity index (χ2n) is 13.0. The van der Waals surface area contributed by atoms with Crippen molar-refractivity contribution in [2.75, 3.05) is 18.5 Å². The molecule has 2 aromatic carbocycles. The number of benzene rings is 2. The summed E-state index contributed by atoms with van der Waals surface area (Å²) in [4.78, 5) is 44.2. The zero-order valence-electron chi connectivity index (χ0n) is 26.2. The third-order valence-corrected chi connectivity index (χ3v) is 13.5. The fourth-order valence-corrected chi connectivity index (χ4v) is 6.78. The highest BCUT2D eigenvalue weighted by Gasteiger charge is 2.50. The highest BCUT2D eigenvalue weighted by atomic mass is 28.4. The molecule has 2 N–H and O–H groups in total. The largest absolute Gasteiger partial charge is 0.489 e. The maximum atomic E-state index is 13.4. The first kappa shape index (κ1) is 31.0. The van der Waals surface area contributed by atoms with Crippen LogP contribution in [0.5, 0.6) is 17.2 Å². The average molecular weight is 635 g/mol. The Labute approximate surface area is 262 Å². The molecule has 3 aromatic rings. The van der Waals surface area contributed by atoms with E-state index in [9.17, 15) is 19.5 Å². The predicted octanol–water partition coefficient (Wildman–Crippen LogP) is 4.83. The van der Waals surface area contributed by atoms with Gasteiger partial charge in [0, 0.05) is 0 Å². The van der Waals surface area contributed by atoms with Gasteiger partial charge in [-0.1, -0.05) is 45.9 Å². The van der Waals surface area contributed by atoms with Crippen molar-refractivity contribution in [2.45, 2.75) is 76.8 Å². The van der Waals surface area contributed by atoms with Crippen LogP contribution in [0.1, 0.15) is 61.1 Å². The number of para-hydroxylation sites is 1. The molecule has 6 rings (SSSR count). The number of nitrogens with one attached hydrogen (secondary N) is 1. The summed E-state index contributed by atoms with van der Waals surface area (Å²) >= 11 is 0. The topological polar surface area (TPSA) is 141 Å². The molecular formula is C32H38N4O8Si. The molecule has 1 fully saturated rings. The first-order valence-corrected chi connectivity index (χ1v) is 18.0. The number of anilines is 2. The van der Waals surface area contributed by atoms with Crippen LogP contribution >= 0.6 is 0 Å². The molecule has 4 atom stereocenters. The molecule has 3 aliphatic heterocycles. The molecule has 0 aliphatic carbocycles. The van der Waals surface area contributed by atoms with Crippen molar-refractivity contribution >= 4 is 31.6 Å². The fourth-order valence-electron chi connectivity index (χ4n) is 5.49. The zero-order chi connectivity index (χ0) is 32.3. The summed E-state index contributed by atoms with van der Waals surface area (Å²) in [5.74, 6) is 0.594. The lowest BCUT2D eigenvalue weighted by molar-refractivity contribution is -0.0375. The Hall–Kier alpha value is -4.04. The van der Waals surface area contributed by atoms with Crippen molar-refractivity contribution in [1.82, 2.24) is 14.5 Å². The minimum atomic E-state index is -2.35. The predicted molar refractivity (Wildman–Crippen MR) is 168 cm³/mol. The number of carbonyl (C=O) groups excluding carboxylic acids is 2. The van der Waals surface area contributed by atoms with Crippen LogP contribution in [0.2, 0.25) is 18.1 Å². The van der Waals surface area contributed by atoms with Crippen molar-refractivity contribution in [3.63, 3.8) is 0 Å². The molecule has 1 aromatic heterocycles. The number of aromatic nitrogens is 2. The van der Waals surface area contributed by atoms with Gasteiger partial charge in [0.25, 0.3) is 11.8 Å². The standard InChI is InChI=1S/C32H38N4O8Si/c1-7-20-25(37)26(44-45(5,6)32(2,3)4)30(43-20)36-17-23-27(34-31(36)40)33-24-21(13-10-14-22(24)42-23)41-16-15-35-28(38)18-11-8-9-12-19(18)29(35)39/h8-14,17,20,25-26,30,37H,7,15-16H2,1-6H3,(H,33,34,40)/t20-,25+,26?,30-/m1/s1. The van der Waals surface area contributed by atoms with Gasteiger partial charge in [-0.3, -0.25) is 19.1 Å². The summed E-state index contributed by atoms with van der Waals surface area (Å²) in [6.07, 6.45) is -1.02. The molecule has 1 unspecified atom stereocenters. The summed E-state index contributed by atoms with van der Waals surface area (Å²) in [6, 6.07) is 11.9. The van der Waals surface area contributed by atoms with Crippen LogP contribution in [-0.4, -0.2) is 71.2 Å². The molecule has 3 aliphatic rings. The first-order chi connectivity index (χ1) is 21.3. The van der Waals surface area contributed by atoms with Gasteiger partial charge in [-0.05, 0) is 48.8 Å². The lowest BCUT2D eigenvalue weighted by atomic mass is 10.1. The van der Waals surface area contributed by atoms with Crippen LogP contribution < -0.4 is 20.5 Å². The number of nitrogens with zero attached hydrogens (tertiary/aromatic N) is 3. The monoisotopic (exact) mass is 634 g/mol. The van der Waals surface area contributed by atoms with Crippen LogP contribution in [0.25, 0.3) is 0 Å². The molecule has 13 heteroatoms. The van der Waals surface area contributed by atoms with E-state index < -0.39 is 38.5 Å². The van der Waals surface area contributed by atoms with E-state index in [1.807, 2.05) is 6.92 Å². The molecule has 0 saturated carbocycles. The molecule has 1 saturated heterocycles. The van der Waals surface area contributed by atoms with Gasteiger partial charge in [-0.15, -0.1) is 0 Å². The maximum absolute atomic E-state index is 13.4. The zero-order valence-corrected chi connectivity index (χ0v) is 27.2. The van der Waals surface area contributed by atoms with Gasteiger partial charge in [0.15, 0.2) is 31.9 Å². The number of imide groups is 1. The quantitative estimate of drug-likeness (QED) is 0.205. The highest BCUT2D eigenvalue weighted by Crippen LogP contribution is 2.46. The van der Waals surface area contributed by atoms with E-state index in [4.69, 9.17) is 18.6 Å². The number of ether oxygens (including phenoxy) is 3. The van der Waals surface area contributed by atoms with E-state index in [-0.39, 0.29) is 41.6 Å². The average Bonchev–Trinajstić information content (AvgIpc) is 3.43. The Morgan fingerprint density at radius 1 is 1.02 bits per heavy atom. The second kappa shape index (κ2) is 11.4. The number of aliphatic hydroxyl groups is 1. The van der Waals surface area contributed by atoms with Gasteiger partial charge >= 0.3 is 5.69 Å². The molecule has 2 amide bonds. The molecule has 0 radical (unpaired) electrons. The minimum Gasteiger partial charge on any atom is -0.489 e. The Morgan fingerprint density at radius 3 is 2.36 bits per heavy atom. The molecule has 0 bridgehead atoms. The summed E-state index contributed by atoms with van der Waals surface area (Å²) < 4.78 is 26.3. The van der Waals surface area contributed by atoms with E-state index in [0.29, 0.717) is 34.7 Å². The van der Waals surface area contributed by atoms with Crippen molar-refractivity contribution in [2.24, 2.45) is 0 Å². The number of hydrogen-bond acceptors (Lipinski definition) is 10. The molecule has 12 nitrogen and oxygen atoms in total. The summed E-state index contributed by atoms with van der Waals surface area (Å²) in [5.41, 5.74) is 0.608. The van der Waals surface area contributed by atoms with Crippen molar-refractivity contribution in [3.8, 4) is 17.2 Å². The maximum Gasteiger partial charge on any atom is 0.351 e. The number of aliphatic hydroxyl groups excluding tert-OH is 1. The van der Waals surface area contributed by atoms with E-state index in [0.717, 1.165) is 4.90 Å². The lowest BCUT2D eigenvalue weighted by Crippen LogP contribution is -2.49. The lowest BCUT2D eigenvalue weighted by Gasteiger charge is -2.40. The molecule has 4 heterocycles. The number of hydrogen-bond donors (Lipinski definition) is 2. The van der Waals surface area contributed by atoms with Crippen LogP contribution in [0.3, 0.4) is 0 Å². The molecule has 238 valence electrons. The normalized spacial score (nSPS) is 22.4. The molecule has 45 heavy (non-hydrogen) atoms. The number of rotatable bonds is 8. The van der Waals surface area contributed by atoms with Crippen molar-refractivity contribution in [1.29, 1.82) is 0 Å². The van der Waals surface area contributed by atoms with Gasteiger partial charge in [0.2, 0.25) is 0 Å². The summed E-state index contributed by atoms with van der Waals surface area (Å²) in [5, 5.41) is 14.2. The van der Waals surface area contributed by atoms with Gasteiger partial charge in [-0.2, -0.15) is 4.98 Å². The van der Waals surface area contributed by atoms with E-state index in [1.54, 1.807) is 42.5 Å². The summed E-state index contributed by atoms with van der Waals surface area (Å²) in [7, 11) is -2.35. The van der Waals surface area contributed by atoms with Gasteiger partial charge in [-0.25, -0.2) is 4.79 Å².